The molecule has 3 aromatic carbocycles. The Balaban J connectivity index is 1.74. The number of anilines is 1. The van der Waals surface area contributed by atoms with Gasteiger partial charge in [-0.1, -0.05) is 36.4 Å². The fraction of sp³-hybridized carbons (Fsp3) is 0.0455. The van der Waals surface area contributed by atoms with Gasteiger partial charge in [0.2, 0.25) is 0 Å². The number of hydrazone groups is 1. The van der Waals surface area contributed by atoms with Crippen LogP contribution in [0.5, 0.6) is 5.75 Å². The van der Waals surface area contributed by atoms with Crippen LogP contribution in [-0.4, -0.2) is 25.1 Å². The third kappa shape index (κ3) is 5.08. The number of carbonyl (C=O) groups is 2. The van der Waals surface area contributed by atoms with Crippen molar-refractivity contribution in [2.45, 2.75) is 0 Å². The second kappa shape index (κ2) is 9.66. The van der Waals surface area contributed by atoms with Crippen LogP contribution in [0.15, 0.2) is 82.4 Å². The third-order valence-electron chi connectivity index (χ3n) is 4.05. The lowest BCUT2D eigenvalue weighted by atomic mass is 10.1. The Labute approximate surface area is 176 Å². The van der Waals surface area contributed by atoms with Gasteiger partial charge in [-0.25, -0.2) is 5.43 Å². The number of rotatable bonds is 6. The van der Waals surface area contributed by atoms with Gasteiger partial charge in [0.05, 0.1) is 30.1 Å². The van der Waals surface area contributed by atoms with Crippen molar-refractivity contribution in [2.75, 3.05) is 12.4 Å². The molecule has 0 bridgehead atoms. The quantitative estimate of drug-likeness (QED) is 0.428. The summed E-state index contributed by atoms with van der Waals surface area (Å²) in [5.74, 6) is -0.124. The molecule has 0 aliphatic rings. The molecular formula is C22H18BrN3O3. The second-order valence-electron chi connectivity index (χ2n) is 5.92. The summed E-state index contributed by atoms with van der Waals surface area (Å²) in [5, 5.41) is 6.77. The van der Waals surface area contributed by atoms with E-state index >= 15 is 0 Å². The maximum Gasteiger partial charge on any atom is 0.273 e. The third-order valence-corrected chi connectivity index (χ3v) is 4.74. The van der Waals surface area contributed by atoms with Crippen molar-refractivity contribution in [3.05, 3.63) is 94.0 Å². The van der Waals surface area contributed by atoms with Gasteiger partial charge in [-0.2, -0.15) is 5.10 Å². The van der Waals surface area contributed by atoms with Gasteiger partial charge in [0.25, 0.3) is 11.8 Å². The van der Waals surface area contributed by atoms with Crippen molar-refractivity contribution >= 4 is 39.6 Å². The Hall–Kier alpha value is -3.45. The highest BCUT2D eigenvalue weighted by molar-refractivity contribution is 9.10. The lowest BCUT2D eigenvalue weighted by molar-refractivity contribution is 0.0956. The van der Waals surface area contributed by atoms with Gasteiger partial charge >= 0.3 is 0 Å². The minimum Gasteiger partial charge on any atom is -0.496 e. The molecule has 2 amide bonds. The number of benzene rings is 3. The van der Waals surface area contributed by atoms with E-state index in [2.05, 4.69) is 31.8 Å². The van der Waals surface area contributed by atoms with E-state index in [0.717, 1.165) is 5.56 Å². The van der Waals surface area contributed by atoms with Crippen LogP contribution in [0.3, 0.4) is 0 Å². The number of nitrogens with zero attached hydrogens (tertiary/aromatic N) is 1. The predicted molar refractivity (Wildman–Crippen MR) is 117 cm³/mol. The summed E-state index contributed by atoms with van der Waals surface area (Å²) >= 11 is 3.36. The van der Waals surface area contributed by atoms with Crippen molar-refractivity contribution < 1.29 is 14.3 Å². The number of methoxy groups -OCH3 is 1. The summed E-state index contributed by atoms with van der Waals surface area (Å²) in [5.41, 5.74) is 4.36. The molecule has 0 aliphatic heterocycles. The van der Waals surface area contributed by atoms with E-state index in [1.54, 1.807) is 55.6 Å². The fourth-order valence-corrected chi connectivity index (χ4v) is 3.08. The first kappa shape index (κ1) is 20.3. The SMILES string of the molecule is COc1ccccc1/C=N/NC(=O)c1ccccc1NC(=O)c1ccccc1Br. The van der Waals surface area contributed by atoms with Crippen molar-refractivity contribution in [2.24, 2.45) is 5.10 Å². The lowest BCUT2D eigenvalue weighted by Crippen LogP contribution is -2.21. The first-order chi connectivity index (χ1) is 14.1. The highest BCUT2D eigenvalue weighted by Gasteiger charge is 2.15. The molecule has 29 heavy (non-hydrogen) atoms. The van der Waals surface area contributed by atoms with E-state index in [0.29, 0.717) is 27.0 Å². The summed E-state index contributed by atoms with van der Waals surface area (Å²) in [6.45, 7) is 0. The van der Waals surface area contributed by atoms with Crippen molar-refractivity contribution in [3.8, 4) is 5.75 Å². The Kier molecular flexibility index (Phi) is 6.76. The largest absolute Gasteiger partial charge is 0.496 e. The predicted octanol–water partition coefficient (Wildman–Crippen LogP) is 4.47. The fourth-order valence-electron chi connectivity index (χ4n) is 2.62. The van der Waals surface area contributed by atoms with Crippen LogP contribution < -0.4 is 15.5 Å². The minimum absolute atomic E-state index is 0.296. The molecule has 2 N–H and O–H groups in total. The summed E-state index contributed by atoms with van der Waals surface area (Å²) in [6, 6.07) is 21.1. The molecule has 0 radical (unpaired) electrons. The number of hydrogen-bond donors (Lipinski definition) is 2. The zero-order valence-electron chi connectivity index (χ0n) is 15.6. The van der Waals surface area contributed by atoms with E-state index in [-0.39, 0.29) is 5.91 Å². The molecular weight excluding hydrogens is 434 g/mol. The molecule has 0 saturated carbocycles. The van der Waals surface area contributed by atoms with Crippen molar-refractivity contribution in [1.82, 2.24) is 5.43 Å². The van der Waals surface area contributed by atoms with E-state index in [9.17, 15) is 9.59 Å². The molecule has 0 aromatic heterocycles. The van der Waals surface area contributed by atoms with Crippen LogP contribution in [0.25, 0.3) is 0 Å². The average Bonchev–Trinajstić information content (AvgIpc) is 2.74. The molecule has 146 valence electrons. The van der Waals surface area contributed by atoms with Crippen LogP contribution in [0.4, 0.5) is 5.69 Å². The summed E-state index contributed by atoms with van der Waals surface area (Å²) in [6.07, 6.45) is 1.50. The number of amides is 2. The minimum atomic E-state index is -0.445. The lowest BCUT2D eigenvalue weighted by Gasteiger charge is -2.11. The Morgan fingerprint density at radius 1 is 0.897 bits per heavy atom. The first-order valence-electron chi connectivity index (χ1n) is 8.71. The van der Waals surface area contributed by atoms with E-state index in [1.807, 2.05) is 24.3 Å². The molecule has 0 heterocycles. The molecule has 7 heteroatoms. The summed E-state index contributed by atoms with van der Waals surface area (Å²) < 4.78 is 5.91. The molecule has 0 aliphatic carbocycles. The van der Waals surface area contributed by atoms with Gasteiger partial charge in [-0.15, -0.1) is 0 Å². The Morgan fingerprint density at radius 3 is 2.31 bits per heavy atom. The van der Waals surface area contributed by atoms with Crippen LogP contribution in [-0.2, 0) is 0 Å². The summed E-state index contributed by atoms with van der Waals surface area (Å²) in [4.78, 5) is 25.1. The van der Waals surface area contributed by atoms with Gasteiger partial charge in [-0.3, -0.25) is 9.59 Å². The van der Waals surface area contributed by atoms with E-state index < -0.39 is 5.91 Å². The van der Waals surface area contributed by atoms with E-state index in [1.165, 1.54) is 6.21 Å². The smallest absolute Gasteiger partial charge is 0.273 e. The molecule has 0 saturated heterocycles. The highest BCUT2D eigenvalue weighted by Crippen LogP contribution is 2.20. The number of halogens is 1. The van der Waals surface area contributed by atoms with Crippen molar-refractivity contribution in [3.63, 3.8) is 0 Å². The van der Waals surface area contributed by atoms with Gasteiger partial charge in [0.1, 0.15) is 5.75 Å². The number of carbonyl (C=O) groups excluding carboxylic acids is 2. The zero-order valence-corrected chi connectivity index (χ0v) is 17.1. The van der Waals surface area contributed by atoms with Gasteiger partial charge in [0.15, 0.2) is 0 Å². The molecule has 3 aromatic rings. The summed E-state index contributed by atoms with van der Waals surface area (Å²) in [7, 11) is 1.56. The Morgan fingerprint density at radius 2 is 1.55 bits per heavy atom. The first-order valence-corrected chi connectivity index (χ1v) is 9.51. The topological polar surface area (TPSA) is 79.8 Å². The molecule has 3 rings (SSSR count). The maximum absolute atomic E-state index is 12.6. The number of ether oxygens (including phenoxy) is 1. The normalized spacial score (nSPS) is 10.6. The molecule has 6 nitrogen and oxygen atoms in total. The second-order valence-corrected chi connectivity index (χ2v) is 6.77. The van der Waals surface area contributed by atoms with Crippen LogP contribution in [0.1, 0.15) is 26.3 Å². The molecule has 0 spiro atoms. The van der Waals surface area contributed by atoms with E-state index in [4.69, 9.17) is 4.74 Å². The maximum atomic E-state index is 12.6. The zero-order chi connectivity index (χ0) is 20.6. The molecule has 0 fully saturated rings. The highest BCUT2D eigenvalue weighted by atomic mass is 79.9. The van der Waals surface area contributed by atoms with Gasteiger partial charge < -0.3 is 10.1 Å². The molecule has 0 atom stereocenters. The van der Waals surface area contributed by atoms with Gasteiger partial charge in [0, 0.05) is 10.0 Å². The molecule has 0 unspecified atom stereocenters. The van der Waals surface area contributed by atoms with Gasteiger partial charge in [-0.05, 0) is 52.3 Å². The number of nitrogens with one attached hydrogen (secondary N) is 2. The average molecular weight is 452 g/mol. The Bertz CT molecular complexity index is 1070. The monoisotopic (exact) mass is 451 g/mol. The standard InChI is InChI=1S/C22H18BrN3O3/c1-29-20-13-7-2-8-15(20)14-24-26-22(28)17-10-4-6-12-19(17)25-21(27)16-9-3-5-11-18(16)23/h2-14H,1H3,(H,25,27)(H,26,28)/b24-14+. The number of para-hydroxylation sites is 2. The van der Waals surface area contributed by atoms with Crippen molar-refractivity contribution in [1.29, 1.82) is 0 Å². The van der Waals surface area contributed by atoms with Crippen LogP contribution >= 0.6 is 15.9 Å². The number of hydrogen-bond acceptors (Lipinski definition) is 4. The van der Waals surface area contributed by atoms with Crippen LogP contribution in [0, 0.1) is 0 Å². The van der Waals surface area contributed by atoms with Crippen LogP contribution in [0.2, 0.25) is 0 Å².